The Balaban J connectivity index is 1.96. The fourth-order valence-electron chi connectivity index (χ4n) is 4.01. The van der Waals surface area contributed by atoms with E-state index in [2.05, 4.69) is 0 Å². The summed E-state index contributed by atoms with van der Waals surface area (Å²) in [6.07, 6.45) is 1.06. The summed E-state index contributed by atoms with van der Waals surface area (Å²) in [6.45, 7) is 4.32. The highest BCUT2D eigenvalue weighted by Gasteiger charge is 2.41. The number of carbonyl (C=O) groups is 1. The molecule has 168 valence electrons. The van der Waals surface area contributed by atoms with Crippen molar-refractivity contribution in [2.24, 2.45) is 5.84 Å². The van der Waals surface area contributed by atoms with Crippen molar-refractivity contribution < 1.29 is 22.0 Å². The molecule has 1 heterocycles. The molecule has 0 saturated carbocycles. The Kier molecular flexibility index (Phi) is 6.50. The second kappa shape index (κ2) is 8.64. The van der Waals surface area contributed by atoms with Crippen LogP contribution >= 0.6 is 0 Å². The number of nitrogens with zero attached hydrogens (tertiary/aromatic N) is 1. The molecule has 1 saturated heterocycles. The molecule has 2 atom stereocenters. The number of nitrogens with two attached hydrogens (primary N) is 1. The number of hydrazine groups is 1. The van der Waals surface area contributed by atoms with Crippen molar-refractivity contribution in [2.75, 3.05) is 0 Å². The first kappa shape index (κ1) is 23.3. The van der Waals surface area contributed by atoms with Crippen molar-refractivity contribution in [3.8, 4) is 0 Å². The van der Waals surface area contributed by atoms with Gasteiger partial charge in [-0.1, -0.05) is 30.3 Å². The van der Waals surface area contributed by atoms with E-state index >= 15 is 0 Å². The largest absolute Gasteiger partial charge is 0.294 e. The summed E-state index contributed by atoms with van der Waals surface area (Å²) in [5.41, 5.74) is 0.980. The summed E-state index contributed by atoms with van der Waals surface area (Å²) in [4.78, 5) is 12.0. The lowest BCUT2D eigenvalue weighted by molar-refractivity contribution is -0.125. The minimum absolute atomic E-state index is 0.0886. The molecule has 1 aliphatic rings. The van der Waals surface area contributed by atoms with Crippen LogP contribution in [0, 0.1) is 11.6 Å². The number of sulfonamides is 1. The summed E-state index contributed by atoms with van der Waals surface area (Å²) < 4.78 is 57.7. The molecular weight excluding hydrogens is 424 g/mol. The van der Waals surface area contributed by atoms with E-state index in [1.165, 1.54) is 18.2 Å². The van der Waals surface area contributed by atoms with Crippen molar-refractivity contribution in [3.05, 3.63) is 70.8 Å². The van der Waals surface area contributed by atoms with E-state index in [0.717, 1.165) is 12.1 Å². The van der Waals surface area contributed by atoms with Crippen molar-refractivity contribution in [1.82, 2.24) is 9.73 Å². The van der Waals surface area contributed by atoms with Gasteiger partial charge in [0.05, 0.1) is 5.41 Å². The van der Waals surface area contributed by atoms with E-state index in [0.29, 0.717) is 18.4 Å². The van der Waals surface area contributed by atoms with Crippen LogP contribution < -0.4 is 11.3 Å². The van der Waals surface area contributed by atoms with Gasteiger partial charge in [-0.25, -0.2) is 23.0 Å². The molecule has 3 N–H and O–H groups in total. The fourth-order valence-corrected chi connectivity index (χ4v) is 6.20. The molecule has 0 radical (unpaired) electrons. The number of benzene rings is 2. The summed E-state index contributed by atoms with van der Waals surface area (Å²) in [5, 5.41) is -0.732. The van der Waals surface area contributed by atoms with Gasteiger partial charge in [-0.05, 0) is 51.3 Å². The molecule has 1 amide bonds. The van der Waals surface area contributed by atoms with Crippen LogP contribution in [-0.4, -0.2) is 24.7 Å². The Labute approximate surface area is 181 Å². The lowest BCUT2D eigenvalue weighted by Crippen LogP contribution is -2.45. The van der Waals surface area contributed by atoms with Gasteiger partial charge in [0.15, 0.2) is 0 Å². The Morgan fingerprint density at radius 2 is 1.81 bits per heavy atom. The normalized spacial score (nSPS) is 21.6. The van der Waals surface area contributed by atoms with E-state index < -0.39 is 38.2 Å². The number of carbonyl (C=O) groups excluding carboxylic acids is 1. The third-order valence-electron chi connectivity index (χ3n) is 6.03. The summed E-state index contributed by atoms with van der Waals surface area (Å²) in [7, 11) is -3.79. The molecule has 1 aliphatic heterocycles. The Hall–Kier alpha value is -2.36. The standard InChI is InChI=1S/C22H27F2N3O3S/c1-14-9-10-20(15-7-5-4-6-8-15)31(29,30)27(14)13-16-11-19(24)17(12-18(16)23)22(2,3)21(28)26-25/h4-8,11-12,14,20H,9-10,13,25H2,1-3H3,(H,26,28)/t14-,20?/m0/s1. The smallest absolute Gasteiger partial charge is 0.244 e. The van der Waals surface area contributed by atoms with Crippen molar-refractivity contribution in [2.45, 2.75) is 56.9 Å². The molecule has 9 heteroatoms. The van der Waals surface area contributed by atoms with Gasteiger partial charge in [-0.2, -0.15) is 4.31 Å². The quantitative estimate of drug-likeness (QED) is 0.415. The minimum atomic E-state index is -3.79. The highest BCUT2D eigenvalue weighted by Crippen LogP contribution is 2.38. The minimum Gasteiger partial charge on any atom is -0.294 e. The maximum absolute atomic E-state index is 14.9. The monoisotopic (exact) mass is 451 g/mol. The predicted octanol–water partition coefficient (Wildman–Crippen LogP) is 3.29. The average molecular weight is 452 g/mol. The van der Waals surface area contributed by atoms with Crippen molar-refractivity contribution in [3.63, 3.8) is 0 Å². The lowest BCUT2D eigenvalue weighted by Gasteiger charge is -2.37. The summed E-state index contributed by atoms with van der Waals surface area (Å²) in [6, 6.07) is 10.4. The van der Waals surface area contributed by atoms with Crippen LogP contribution in [0.4, 0.5) is 8.78 Å². The zero-order valence-corrected chi connectivity index (χ0v) is 18.5. The van der Waals surface area contributed by atoms with Crippen LogP contribution in [0.25, 0.3) is 0 Å². The van der Waals surface area contributed by atoms with Crippen LogP contribution in [0.3, 0.4) is 0 Å². The van der Waals surface area contributed by atoms with Gasteiger partial charge < -0.3 is 0 Å². The number of halogens is 2. The van der Waals surface area contributed by atoms with E-state index in [1.54, 1.807) is 31.2 Å². The number of hydrogen-bond acceptors (Lipinski definition) is 4. The maximum Gasteiger partial charge on any atom is 0.244 e. The number of hydrogen-bond donors (Lipinski definition) is 2. The highest BCUT2D eigenvalue weighted by atomic mass is 32.2. The second-order valence-corrected chi connectivity index (χ2v) is 10.5. The molecule has 0 aliphatic carbocycles. The van der Waals surface area contributed by atoms with Gasteiger partial charge in [-0.3, -0.25) is 10.2 Å². The Morgan fingerprint density at radius 1 is 1.16 bits per heavy atom. The average Bonchev–Trinajstić information content (AvgIpc) is 2.72. The molecule has 2 aromatic carbocycles. The van der Waals surface area contributed by atoms with Gasteiger partial charge in [-0.15, -0.1) is 0 Å². The van der Waals surface area contributed by atoms with Gasteiger partial charge in [0.1, 0.15) is 16.9 Å². The van der Waals surface area contributed by atoms with Gasteiger partial charge in [0, 0.05) is 23.7 Å². The molecule has 0 bridgehead atoms. The van der Waals surface area contributed by atoms with Crippen molar-refractivity contribution in [1.29, 1.82) is 0 Å². The molecular formula is C22H27F2N3O3S. The predicted molar refractivity (Wildman–Crippen MR) is 114 cm³/mol. The van der Waals surface area contributed by atoms with Gasteiger partial charge in [0.25, 0.3) is 0 Å². The molecule has 3 rings (SSSR count). The lowest BCUT2D eigenvalue weighted by atomic mass is 9.83. The molecule has 0 spiro atoms. The first-order valence-electron chi connectivity index (χ1n) is 10.0. The maximum atomic E-state index is 14.9. The highest BCUT2D eigenvalue weighted by molar-refractivity contribution is 7.89. The van der Waals surface area contributed by atoms with Crippen LogP contribution in [0.1, 0.15) is 55.6 Å². The van der Waals surface area contributed by atoms with E-state index in [4.69, 9.17) is 5.84 Å². The zero-order valence-electron chi connectivity index (χ0n) is 17.7. The number of rotatable bonds is 5. The third-order valence-corrected chi connectivity index (χ3v) is 8.40. The fraction of sp³-hybridized carbons (Fsp3) is 0.409. The first-order valence-corrected chi connectivity index (χ1v) is 11.6. The van der Waals surface area contributed by atoms with E-state index in [-0.39, 0.29) is 23.7 Å². The van der Waals surface area contributed by atoms with Gasteiger partial charge in [0.2, 0.25) is 15.9 Å². The van der Waals surface area contributed by atoms with E-state index in [1.807, 2.05) is 11.5 Å². The summed E-state index contributed by atoms with van der Waals surface area (Å²) in [5.74, 6) is 2.91. The molecule has 1 unspecified atom stereocenters. The molecule has 31 heavy (non-hydrogen) atoms. The van der Waals surface area contributed by atoms with Crippen LogP contribution in [0.2, 0.25) is 0 Å². The topological polar surface area (TPSA) is 92.5 Å². The van der Waals surface area contributed by atoms with Crippen molar-refractivity contribution >= 4 is 15.9 Å². The SMILES string of the molecule is C[C@H]1CCC(c2ccccc2)S(=O)(=O)N1Cc1cc(F)c(C(C)(C)C(=O)NN)cc1F. The first-order chi connectivity index (χ1) is 14.5. The van der Waals surface area contributed by atoms with Crippen LogP contribution in [-0.2, 0) is 26.8 Å². The Bertz CT molecular complexity index is 1070. The number of nitrogens with one attached hydrogen (secondary N) is 1. The summed E-state index contributed by atoms with van der Waals surface area (Å²) >= 11 is 0. The second-order valence-electron chi connectivity index (χ2n) is 8.44. The zero-order chi connectivity index (χ0) is 23.0. The molecule has 0 aromatic heterocycles. The Morgan fingerprint density at radius 3 is 2.42 bits per heavy atom. The molecule has 6 nitrogen and oxygen atoms in total. The van der Waals surface area contributed by atoms with Crippen LogP contribution in [0.15, 0.2) is 42.5 Å². The van der Waals surface area contributed by atoms with Gasteiger partial charge >= 0.3 is 0 Å². The third kappa shape index (κ3) is 4.35. The number of amides is 1. The van der Waals surface area contributed by atoms with E-state index in [9.17, 15) is 22.0 Å². The molecule has 2 aromatic rings. The molecule has 1 fully saturated rings. The van der Waals surface area contributed by atoms with Crippen LogP contribution in [0.5, 0.6) is 0 Å².